The highest BCUT2D eigenvalue weighted by Crippen LogP contribution is 2.37. The van der Waals surface area contributed by atoms with Gasteiger partial charge in [-0.2, -0.15) is 0 Å². The summed E-state index contributed by atoms with van der Waals surface area (Å²) >= 11 is 0. The highest BCUT2D eigenvalue weighted by molar-refractivity contribution is 5.95. The lowest BCUT2D eigenvalue weighted by molar-refractivity contribution is 0.0286. The maximum absolute atomic E-state index is 13.0. The van der Waals surface area contributed by atoms with E-state index in [1.165, 1.54) is 0 Å². The number of nitrogens with zero attached hydrogens (tertiary/aromatic N) is 1. The van der Waals surface area contributed by atoms with Gasteiger partial charge in [0.15, 0.2) is 0 Å². The molecule has 5 heteroatoms. The molecule has 3 aliphatic heterocycles. The van der Waals surface area contributed by atoms with Crippen molar-refractivity contribution >= 4 is 5.91 Å². The molecule has 0 radical (unpaired) electrons. The number of aliphatic hydroxyl groups is 1. The van der Waals surface area contributed by atoms with Crippen molar-refractivity contribution in [2.45, 2.75) is 56.7 Å². The summed E-state index contributed by atoms with van der Waals surface area (Å²) in [6.07, 6.45) is 5.26. The van der Waals surface area contributed by atoms with Crippen LogP contribution in [0, 0.1) is 5.92 Å². The fraction of sp³-hybridized carbons (Fsp3) is 0.650. The number of piperidine rings is 1. The molecule has 5 nitrogen and oxygen atoms in total. The number of rotatable bonds is 4. The van der Waals surface area contributed by atoms with Gasteiger partial charge in [0.25, 0.3) is 5.91 Å². The summed E-state index contributed by atoms with van der Waals surface area (Å²) in [5.74, 6) is 1.38. The van der Waals surface area contributed by atoms with Gasteiger partial charge in [0.1, 0.15) is 5.75 Å². The Morgan fingerprint density at radius 2 is 1.88 bits per heavy atom. The van der Waals surface area contributed by atoms with Gasteiger partial charge in [-0.25, -0.2) is 0 Å². The molecule has 3 heterocycles. The van der Waals surface area contributed by atoms with Gasteiger partial charge in [0.05, 0.1) is 12.7 Å². The Kier molecular flexibility index (Phi) is 4.95. The van der Waals surface area contributed by atoms with Gasteiger partial charge in [-0.3, -0.25) is 4.79 Å². The molecule has 3 saturated heterocycles. The molecule has 3 aliphatic rings. The van der Waals surface area contributed by atoms with Crippen molar-refractivity contribution in [1.29, 1.82) is 0 Å². The van der Waals surface area contributed by atoms with Crippen molar-refractivity contribution in [2.75, 3.05) is 19.8 Å². The smallest absolute Gasteiger partial charge is 0.254 e. The molecule has 2 atom stereocenters. The van der Waals surface area contributed by atoms with Crippen LogP contribution in [0.5, 0.6) is 5.75 Å². The van der Waals surface area contributed by atoms with Crippen LogP contribution in [0.4, 0.5) is 0 Å². The van der Waals surface area contributed by atoms with Gasteiger partial charge in [0.2, 0.25) is 0 Å². The summed E-state index contributed by atoms with van der Waals surface area (Å²) in [6, 6.07) is 7.93. The van der Waals surface area contributed by atoms with Gasteiger partial charge in [-0.1, -0.05) is 6.07 Å². The zero-order chi connectivity index (χ0) is 17.2. The summed E-state index contributed by atoms with van der Waals surface area (Å²) in [5, 5.41) is 9.93. The fourth-order valence-electron chi connectivity index (χ4n) is 4.48. The number of hydrogen-bond donors (Lipinski definition) is 1. The second-order valence-corrected chi connectivity index (χ2v) is 7.62. The van der Waals surface area contributed by atoms with Crippen LogP contribution in [0.1, 0.15) is 48.9 Å². The number of carbonyl (C=O) groups is 1. The highest BCUT2D eigenvalue weighted by atomic mass is 16.5. The predicted molar refractivity (Wildman–Crippen MR) is 93.7 cm³/mol. The molecule has 1 aromatic carbocycles. The Hall–Kier alpha value is -1.59. The molecule has 25 heavy (non-hydrogen) atoms. The summed E-state index contributed by atoms with van der Waals surface area (Å²) in [6.45, 7) is 2.31. The molecule has 0 saturated carbocycles. The summed E-state index contributed by atoms with van der Waals surface area (Å²) < 4.78 is 11.3. The quantitative estimate of drug-likeness (QED) is 0.911. The van der Waals surface area contributed by atoms with E-state index in [2.05, 4.69) is 0 Å². The van der Waals surface area contributed by atoms with Gasteiger partial charge < -0.3 is 19.5 Å². The molecule has 1 amide bonds. The first-order valence-electron chi connectivity index (χ1n) is 9.52. The molecule has 0 aliphatic carbocycles. The second-order valence-electron chi connectivity index (χ2n) is 7.62. The van der Waals surface area contributed by atoms with Crippen molar-refractivity contribution in [1.82, 2.24) is 4.90 Å². The highest BCUT2D eigenvalue weighted by Gasteiger charge is 2.42. The van der Waals surface area contributed by atoms with Gasteiger partial charge >= 0.3 is 0 Å². The standard InChI is InChI=1S/C20H27NO4/c22-18-11-16-4-5-17(12-18)21(16)20(23)15-2-1-3-19(10-15)25-13-14-6-8-24-9-7-14/h1-3,10,14,16-18,22H,4-9,11-13H2. The molecular weight excluding hydrogens is 318 g/mol. The molecule has 0 spiro atoms. The number of fused-ring (bicyclic) bond motifs is 2. The van der Waals surface area contributed by atoms with Crippen LogP contribution in [-0.4, -0.2) is 53.9 Å². The summed E-state index contributed by atoms with van der Waals surface area (Å²) in [4.78, 5) is 15.0. The van der Waals surface area contributed by atoms with Crippen LogP contribution < -0.4 is 4.74 Å². The van der Waals surface area contributed by atoms with E-state index in [1.54, 1.807) is 0 Å². The van der Waals surface area contributed by atoms with Crippen LogP contribution in [0.3, 0.4) is 0 Å². The van der Waals surface area contributed by atoms with Gasteiger partial charge in [-0.15, -0.1) is 0 Å². The molecule has 1 N–H and O–H groups in total. The lowest BCUT2D eigenvalue weighted by Gasteiger charge is -2.37. The third-order valence-electron chi connectivity index (χ3n) is 5.85. The largest absolute Gasteiger partial charge is 0.493 e. The number of amides is 1. The van der Waals surface area contributed by atoms with E-state index in [0.717, 1.165) is 44.6 Å². The molecular formula is C20H27NO4. The van der Waals surface area contributed by atoms with Crippen LogP contribution >= 0.6 is 0 Å². The monoisotopic (exact) mass is 345 g/mol. The molecule has 3 fully saturated rings. The van der Waals surface area contributed by atoms with Crippen LogP contribution in [-0.2, 0) is 4.74 Å². The zero-order valence-corrected chi connectivity index (χ0v) is 14.6. The normalized spacial score (nSPS) is 29.6. The van der Waals surface area contributed by atoms with E-state index in [1.807, 2.05) is 29.2 Å². The van der Waals surface area contributed by atoms with E-state index in [4.69, 9.17) is 9.47 Å². The van der Waals surface area contributed by atoms with Crippen molar-refractivity contribution in [2.24, 2.45) is 5.92 Å². The van der Waals surface area contributed by atoms with E-state index >= 15 is 0 Å². The van der Waals surface area contributed by atoms with Gasteiger partial charge in [0, 0.05) is 30.9 Å². The Morgan fingerprint density at radius 3 is 2.60 bits per heavy atom. The molecule has 136 valence electrons. The van der Waals surface area contributed by atoms with Crippen molar-refractivity contribution in [3.05, 3.63) is 29.8 Å². The van der Waals surface area contributed by atoms with Crippen molar-refractivity contribution in [3.8, 4) is 5.75 Å². The van der Waals surface area contributed by atoms with Crippen LogP contribution in [0.25, 0.3) is 0 Å². The third kappa shape index (κ3) is 3.67. The first-order valence-corrected chi connectivity index (χ1v) is 9.52. The zero-order valence-electron chi connectivity index (χ0n) is 14.6. The van der Waals surface area contributed by atoms with E-state index in [0.29, 0.717) is 30.9 Å². The van der Waals surface area contributed by atoms with Gasteiger partial charge in [-0.05, 0) is 62.6 Å². The first-order chi connectivity index (χ1) is 12.2. The number of hydrogen-bond acceptors (Lipinski definition) is 4. The molecule has 2 unspecified atom stereocenters. The number of carbonyl (C=O) groups excluding carboxylic acids is 1. The molecule has 4 rings (SSSR count). The Labute approximate surface area is 148 Å². The van der Waals surface area contributed by atoms with Crippen molar-refractivity contribution in [3.63, 3.8) is 0 Å². The topological polar surface area (TPSA) is 59.0 Å². The SMILES string of the molecule is O=C(c1cccc(OCC2CCOCC2)c1)N1C2CCC1CC(O)C2. The first kappa shape index (κ1) is 16.9. The number of ether oxygens (including phenoxy) is 2. The summed E-state index contributed by atoms with van der Waals surface area (Å²) in [5.41, 5.74) is 0.692. The maximum Gasteiger partial charge on any atom is 0.254 e. The van der Waals surface area contributed by atoms with E-state index in [9.17, 15) is 9.90 Å². The lowest BCUT2D eigenvalue weighted by atomic mass is 9.98. The average molecular weight is 345 g/mol. The predicted octanol–water partition coefficient (Wildman–Crippen LogP) is 2.62. The fourth-order valence-corrected chi connectivity index (χ4v) is 4.48. The van der Waals surface area contributed by atoms with E-state index in [-0.39, 0.29) is 24.1 Å². The summed E-state index contributed by atoms with van der Waals surface area (Å²) in [7, 11) is 0. The van der Waals surface area contributed by atoms with Crippen LogP contribution in [0.15, 0.2) is 24.3 Å². The second kappa shape index (κ2) is 7.34. The average Bonchev–Trinajstić information content (AvgIpc) is 2.92. The third-order valence-corrected chi connectivity index (χ3v) is 5.85. The van der Waals surface area contributed by atoms with E-state index < -0.39 is 0 Å². The number of benzene rings is 1. The Balaban J connectivity index is 1.41. The minimum atomic E-state index is -0.254. The minimum Gasteiger partial charge on any atom is -0.493 e. The maximum atomic E-state index is 13.0. The molecule has 2 bridgehead atoms. The van der Waals surface area contributed by atoms with Crippen LogP contribution in [0.2, 0.25) is 0 Å². The Morgan fingerprint density at radius 1 is 1.16 bits per heavy atom. The van der Waals surface area contributed by atoms with Crippen molar-refractivity contribution < 1.29 is 19.4 Å². The molecule has 0 aromatic heterocycles. The Bertz CT molecular complexity index is 599. The minimum absolute atomic E-state index is 0.0796. The molecule has 1 aromatic rings. The number of aliphatic hydroxyl groups excluding tert-OH is 1. The lowest BCUT2D eigenvalue weighted by Crippen LogP contribution is -2.48.